The van der Waals surface area contributed by atoms with E-state index in [-0.39, 0.29) is 22.6 Å². The van der Waals surface area contributed by atoms with Gasteiger partial charge in [-0.3, -0.25) is 0 Å². The van der Waals surface area contributed by atoms with Crippen LogP contribution < -0.4 is 4.72 Å². The van der Waals surface area contributed by atoms with Crippen LogP contribution in [0.15, 0.2) is 35.2 Å². The van der Waals surface area contributed by atoms with Crippen molar-refractivity contribution >= 4 is 16.0 Å². The maximum Gasteiger partial charge on any atom is 0.335 e. The molecule has 0 aliphatic carbocycles. The summed E-state index contributed by atoms with van der Waals surface area (Å²) in [4.78, 5) is 11.0. The summed E-state index contributed by atoms with van der Waals surface area (Å²) in [5.74, 6) is -1.14. The number of sulfonamides is 1. The van der Waals surface area contributed by atoms with Gasteiger partial charge in [0.15, 0.2) is 0 Å². The fourth-order valence-electron chi connectivity index (χ4n) is 1.66. The first kappa shape index (κ1) is 15.4. The third-order valence-electron chi connectivity index (χ3n) is 2.64. The van der Waals surface area contributed by atoms with E-state index in [1.807, 2.05) is 19.1 Å². The average molecular weight is 283 g/mol. The molecule has 0 fully saturated rings. The monoisotopic (exact) mass is 283 g/mol. The van der Waals surface area contributed by atoms with Gasteiger partial charge in [0, 0.05) is 6.54 Å². The van der Waals surface area contributed by atoms with E-state index in [4.69, 9.17) is 5.11 Å². The molecule has 0 bridgehead atoms. The van der Waals surface area contributed by atoms with Crippen molar-refractivity contribution in [2.24, 2.45) is 0 Å². The van der Waals surface area contributed by atoms with Crippen molar-refractivity contribution in [2.75, 3.05) is 6.54 Å². The van der Waals surface area contributed by atoms with Crippen LogP contribution in [0.2, 0.25) is 0 Å². The zero-order chi connectivity index (χ0) is 14.5. The van der Waals surface area contributed by atoms with Gasteiger partial charge in [0.05, 0.1) is 10.5 Å². The summed E-state index contributed by atoms with van der Waals surface area (Å²) in [5.41, 5.74) is 0.241. The molecule has 0 spiro atoms. The molecular weight excluding hydrogens is 266 g/mol. The molecule has 104 valence electrons. The molecule has 6 heteroatoms. The largest absolute Gasteiger partial charge is 0.478 e. The third kappa shape index (κ3) is 3.90. The second kappa shape index (κ2) is 6.49. The van der Waals surface area contributed by atoms with Gasteiger partial charge in [-0.25, -0.2) is 17.9 Å². The third-order valence-corrected chi connectivity index (χ3v) is 4.25. The molecule has 19 heavy (non-hydrogen) atoms. The number of benzene rings is 1. The Balaban J connectivity index is 3.02. The molecule has 1 aromatic carbocycles. The number of hydrogen-bond acceptors (Lipinski definition) is 3. The highest BCUT2D eigenvalue weighted by atomic mass is 32.2. The molecule has 5 nitrogen and oxygen atoms in total. The van der Waals surface area contributed by atoms with E-state index in [9.17, 15) is 13.2 Å². The van der Waals surface area contributed by atoms with E-state index in [0.29, 0.717) is 6.42 Å². The van der Waals surface area contributed by atoms with Gasteiger partial charge >= 0.3 is 5.97 Å². The van der Waals surface area contributed by atoms with Gasteiger partial charge in [-0.05, 0) is 38.0 Å². The van der Waals surface area contributed by atoms with E-state index >= 15 is 0 Å². The molecule has 0 atom stereocenters. The van der Waals surface area contributed by atoms with Gasteiger partial charge < -0.3 is 5.11 Å². The highest BCUT2D eigenvalue weighted by Crippen LogP contribution is 2.18. The van der Waals surface area contributed by atoms with E-state index in [0.717, 1.165) is 0 Å². The second-order valence-electron chi connectivity index (χ2n) is 3.99. The molecule has 0 unspecified atom stereocenters. The molecule has 1 rings (SSSR count). The number of carboxylic acid groups (broad SMARTS) is 1. The van der Waals surface area contributed by atoms with Crippen molar-refractivity contribution in [3.05, 3.63) is 41.5 Å². The van der Waals surface area contributed by atoms with Crippen LogP contribution in [0.25, 0.3) is 0 Å². The van der Waals surface area contributed by atoms with Crippen molar-refractivity contribution in [2.45, 2.75) is 25.2 Å². The minimum Gasteiger partial charge on any atom is -0.478 e. The van der Waals surface area contributed by atoms with Crippen LogP contribution in [0.5, 0.6) is 0 Å². The van der Waals surface area contributed by atoms with Gasteiger partial charge in [-0.1, -0.05) is 18.2 Å². The molecule has 0 heterocycles. The highest BCUT2D eigenvalue weighted by Gasteiger charge is 2.19. The predicted octanol–water partition coefficient (Wildman–Crippen LogP) is 1.94. The minimum atomic E-state index is -3.67. The van der Waals surface area contributed by atoms with Crippen LogP contribution >= 0.6 is 0 Å². The Morgan fingerprint density at radius 3 is 2.68 bits per heavy atom. The first-order chi connectivity index (χ1) is 8.90. The van der Waals surface area contributed by atoms with E-state index in [2.05, 4.69) is 4.72 Å². The van der Waals surface area contributed by atoms with E-state index in [1.54, 1.807) is 0 Å². The lowest BCUT2D eigenvalue weighted by Gasteiger charge is -2.10. The molecule has 0 amide bonds. The second-order valence-corrected chi connectivity index (χ2v) is 5.72. The van der Waals surface area contributed by atoms with Crippen molar-refractivity contribution < 1.29 is 18.3 Å². The zero-order valence-electron chi connectivity index (χ0n) is 10.9. The van der Waals surface area contributed by atoms with Crippen molar-refractivity contribution in [1.29, 1.82) is 0 Å². The summed E-state index contributed by atoms with van der Waals surface area (Å²) < 4.78 is 26.6. The van der Waals surface area contributed by atoms with Crippen LogP contribution in [-0.4, -0.2) is 26.0 Å². The molecule has 0 aliphatic rings. The lowest BCUT2D eigenvalue weighted by molar-refractivity contribution is 0.0696. The van der Waals surface area contributed by atoms with Crippen molar-refractivity contribution in [3.63, 3.8) is 0 Å². The van der Waals surface area contributed by atoms with Crippen molar-refractivity contribution in [1.82, 2.24) is 4.72 Å². The van der Waals surface area contributed by atoms with Crippen molar-refractivity contribution in [3.8, 4) is 0 Å². The Morgan fingerprint density at radius 1 is 1.42 bits per heavy atom. The van der Waals surface area contributed by atoms with Crippen LogP contribution in [-0.2, 0) is 10.0 Å². The smallest absolute Gasteiger partial charge is 0.335 e. The Labute approximate surface area is 113 Å². The molecule has 0 saturated carbocycles. The molecular formula is C13H17NO4S. The number of carboxylic acids is 1. The number of nitrogens with one attached hydrogen (secondary N) is 1. The lowest BCUT2D eigenvalue weighted by atomic mass is 10.1. The molecule has 0 radical (unpaired) electrons. The summed E-state index contributed by atoms with van der Waals surface area (Å²) in [6.07, 6.45) is 4.28. The summed E-state index contributed by atoms with van der Waals surface area (Å²) in [7, 11) is -3.67. The lowest BCUT2D eigenvalue weighted by Crippen LogP contribution is -2.25. The fraction of sp³-hybridized carbons (Fsp3) is 0.308. The maximum atomic E-state index is 12.1. The Bertz CT molecular complexity index is 591. The van der Waals surface area contributed by atoms with Crippen LogP contribution in [0.1, 0.15) is 29.3 Å². The number of hydrogen-bond donors (Lipinski definition) is 2. The SMILES string of the molecule is C/C=C/CCNS(=O)(=O)c1cccc(C(=O)O)c1C. The first-order valence-electron chi connectivity index (χ1n) is 5.84. The van der Waals surface area contributed by atoms with Crippen LogP contribution in [0.4, 0.5) is 0 Å². The minimum absolute atomic E-state index is 0.00340. The van der Waals surface area contributed by atoms with Gasteiger partial charge in [0.2, 0.25) is 10.0 Å². The maximum absolute atomic E-state index is 12.1. The number of rotatable bonds is 6. The van der Waals surface area contributed by atoms with Crippen LogP contribution in [0.3, 0.4) is 0 Å². The number of allylic oxidation sites excluding steroid dienone is 1. The average Bonchev–Trinajstić information content (AvgIpc) is 2.34. The first-order valence-corrected chi connectivity index (χ1v) is 7.32. The Morgan fingerprint density at radius 2 is 2.11 bits per heavy atom. The van der Waals surface area contributed by atoms with E-state index < -0.39 is 16.0 Å². The number of carbonyl (C=O) groups is 1. The standard InChI is InChI=1S/C13H17NO4S/c1-3-4-5-9-14-19(17,18)12-8-6-7-11(10(12)2)13(15)16/h3-4,6-8,14H,5,9H2,1-2H3,(H,15,16)/b4-3+. The zero-order valence-corrected chi connectivity index (χ0v) is 11.7. The van der Waals surface area contributed by atoms with Gasteiger partial charge in [-0.2, -0.15) is 0 Å². The topological polar surface area (TPSA) is 83.5 Å². The van der Waals surface area contributed by atoms with Gasteiger partial charge in [0.1, 0.15) is 0 Å². The highest BCUT2D eigenvalue weighted by molar-refractivity contribution is 7.89. The van der Waals surface area contributed by atoms with Gasteiger partial charge in [-0.15, -0.1) is 0 Å². The summed E-state index contributed by atoms with van der Waals surface area (Å²) in [5, 5.41) is 8.98. The summed E-state index contributed by atoms with van der Waals surface area (Å²) in [6.45, 7) is 3.63. The van der Waals surface area contributed by atoms with E-state index in [1.165, 1.54) is 25.1 Å². The quantitative estimate of drug-likeness (QED) is 0.617. The number of aromatic carboxylic acids is 1. The normalized spacial score (nSPS) is 11.9. The molecule has 0 aliphatic heterocycles. The molecule has 0 saturated heterocycles. The Hall–Kier alpha value is -1.66. The Kier molecular flexibility index (Phi) is 5.26. The fourth-order valence-corrected chi connectivity index (χ4v) is 2.97. The summed E-state index contributed by atoms with van der Waals surface area (Å²) >= 11 is 0. The summed E-state index contributed by atoms with van der Waals surface area (Å²) in [6, 6.07) is 4.22. The van der Waals surface area contributed by atoms with Crippen LogP contribution in [0, 0.1) is 6.92 Å². The molecule has 2 N–H and O–H groups in total. The molecule has 0 aromatic heterocycles. The van der Waals surface area contributed by atoms with Gasteiger partial charge in [0.25, 0.3) is 0 Å². The predicted molar refractivity (Wildman–Crippen MR) is 72.8 cm³/mol. The molecule has 1 aromatic rings.